The van der Waals surface area contributed by atoms with Gasteiger partial charge in [0.25, 0.3) is 0 Å². The van der Waals surface area contributed by atoms with Gasteiger partial charge in [-0.2, -0.15) is 0 Å². The van der Waals surface area contributed by atoms with Crippen LogP contribution in [0.3, 0.4) is 0 Å². The Kier molecular flexibility index (Phi) is 8.15. The lowest BCUT2D eigenvalue weighted by Gasteiger charge is -2.02. The second-order valence-electron chi connectivity index (χ2n) is 3.63. The molecule has 0 rings (SSSR count). The molecule has 0 heterocycles. The molecular weight excluding hydrogens is 208 g/mol. The fraction of sp³-hybridized carbons (Fsp3) is 0.636. The first-order valence-electron chi connectivity index (χ1n) is 5.47. The summed E-state index contributed by atoms with van der Waals surface area (Å²) < 4.78 is 0. The number of rotatable bonds is 8. The molecule has 0 saturated heterocycles. The molecule has 0 atom stereocenters. The highest BCUT2D eigenvalue weighted by Crippen LogP contribution is 1.97. The standard InChI is InChI=1S/C11H20N2O3/c1-9(11(15)16)8-10(14)13-7-5-3-2-4-6-12/h8H,2-7,12H2,1H3,(H,13,14)(H,15,16)/b9-8-. The van der Waals surface area contributed by atoms with Crippen LogP contribution >= 0.6 is 0 Å². The third kappa shape index (κ3) is 7.99. The Bertz CT molecular complexity index is 262. The molecule has 0 aliphatic rings. The minimum absolute atomic E-state index is 0.0423. The lowest BCUT2D eigenvalue weighted by Crippen LogP contribution is -2.23. The highest BCUT2D eigenvalue weighted by Gasteiger charge is 2.03. The van der Waals surface area contributed by atoms with Crippen LogP contribution in [0.2, 0.25) is 0 Å². The summed E-state index contributed by atoms with van der Waals surface area (Å²) in [6.07, 6.45) is 5.09. The molecule has 1 amide bonds. The van der Waals surface area contributed by atoms with E-state index in [4.69, 9.17) is 10.8 Å². The monoisotopic (exact) mass is 228 g/mol. The maximum absolute atomic E-state index is 11.2. The van der Waals surface area contributed by atoms with Crippen LogP contribution in [0.1, 0.15) is 32.6 Å². The van der Waals surface area contributed by atoms with E-state index in [1.54, 1.807) is 0 Å². The van der Waals surface area contributed by atoms with Gasteiger partial charge in [-0.3, -0.25) is 4.79 Å². The summed E-state index contributed by atoms with van der Waals surface area (Å²) in [5.74, 6) is -1.42. The van der Waals surface area contributed by atoms with E-state index in [0.717, 1.165) is 31.8 Å². The normalized spacial score (nSPS) is 11.2. The first-order valence-corrected chi connectivity index (χ1v) is 5.47. The molecule has 0 unspecified atom stereocenters. The predicted octanol–water partition coefficient (Wildman–Crippen LogP) is 0.653. The molecule has 0 aromatic rings. The molecule has 0 spiro atoms. The summed E-state index contributed by atoms with van der Waals surface area (Å²) in [7, 11) is 0. The van der Waals surface area contributed by atoms with E-state index in [9.17, 15) is 9.59 Å². The zero-order chi connectivity index (χ0) is 12.4. The minimum Gasteiger partial charge on any atom is -0.478 e. The summed E-state index contributed by atoms with van der Waals surface area (Å²) in [4.78, 5) is 21.6. The number of aliphatic carboxylic acids is 1. The Hall–Kier alpha value is -1.36. The van der Waals surface area contributed by atoms with E-state index in [-0.39, 0.29) is 11.5 Å². The fourth-order valence-electron chi connectivity index (χ4n) is 1.14. The molecule has 0 radical (unpaired) electrons. The second-order valence-corrected chi connectivity index (χ2v) is 3.63. The van der Waals surface area contributed by atoms with E-state index in [1.165, 1.54) is 6.92 Å². The Labute approximate surface area is 95.7 Å². The van der Waals surface area contributed by atoms with Crippen molar-refractivity contribution in [3.63, 3.8) is 0 Å². The number of hydrogen-bond acceptors (Lipinski definition) is 3. The first kappa shape index (κ1) is 14.6. The van der Waals surface area contributed by atoms with Gasteiger partial charge in [0.05, 0.1) is 0 Å². The number of hydrogen-bond donors (Lipinski definition) is 3. The van der Waals surface area contributed by atoms with Crippen molar-refractivity contribution in [1.82, 2.24) is 5.32 Å². The molecular formula is C11H20N2O3. The third-order valence-electron chi connectivity index (χ3n) is 2.12. The van der Waals surface area contributed by atoms with Crippen LogP contribution in [-0.2, 0) is 9.59 Å². The molecule has 0 bridgehead atoms. The Morgan fingerprint density at radius 1 is 1.25 bits per heavy atom. The maximum Gasteiger partial charge on any atom is 0.331 e. The van der Waals surface area contributed by atoms with Crippen LogP contribution in [0.25, 0.3) is 0 Å². The summed E-state index contributed by atoms with van der Waals surface area (Å²) in [6.45, 7) is 2.67. The summed E-state index contributed by atoms with van der Waals surface area (Å²) in [5.41, 5.74) is 5.38. The number of carboxylic acid groups (broad SMARTS) is 1. The van der Waals surface area contributed by atoms with E-state index in [1.807, 2.05) is 0 Å². The van der Waals surface area contributed by atoms with Crippen LogP contribution in [0.5, 0.6) is 0 Å². The van der Waals surface area contributed by atoms with Gasteiger partial charge in [-0.25, -0.2) is 4.79 Å². The Balaban J connectivity index is 3.59. The molecule has 0 aliphatic carbocycles. The molecule has 5 heteroatoms. The van der Waals surface area contributed by atoms with Crippen molar-refractivity contribution in [2.24, 2.45) is 5.73 Å². The molecule has 0 fully saturated rings. The average molecular weight is 228 g/mol. The molecule has 16 heavy (non-hydrogen) atoms. The number of carbonyl (C=O) groups excluding carboxylic acids is 1. The molecule has 4 N–H and O–H groups in total. The van der Waals surface area contributed by atoms with Crippen molar-refractivity contribution in [3.8, 4) is 0 Å². The predicted molar refractivity (Wildman–Crippen MR) is 61.9 cm³/mol. The second kappa shape index (κ2) is 8.91. The summed E-state index contributed by atoms with van der Waals surface area (Å²) in [5, 5.41) is 11.2. The molecule has 92 valence electrons. The summed E-state index contributed by atoms with van der Waals surface area (Å²) in [6, 6.07) is 0. The Morgan fingerprint density at radius 2 is 1.88 bits per heavy atom. The third-order valence-corrected chi connectivity index (χ3v) is 2.12. The number of carbonyl (C=O) groups is 2. The van der Waals surface area contributed by atoms with Crippen molar-refractivity contribution in [3.05, 3.63) is 11.6 Å². The number of nitrogens with one attached hydrogen (secondary N) is 1. The topological polar surface area (TPSA) is 92.4 Å². The van der Waals surface area contributed by atoms with Gasteiger partial charge in [-0.1, -0.05) is 12.8 Å². The van der Waals surface area contributed by atoms with Gasteiger partial charge in [0, 0.05) is 18.2 Å². The first-order chi connectivity index (χ1) is 7.57. The zero-order valence-electron chi connectivity index (χ0n) is 9.66. The highest BCUT2D eigenvalue weighted by atomic mass is 16.4. The number of carboxylic acids is 1. The van der Waals surface area contributed by atoms with Crippen LogP contribution in [0.4, 0.5) is 0 Å². The zero-order valence-corrected chi connectivity index (χ0v) is 9.66. The van der Waals surface area contributed by atoms with Crippen LogP contribution in [-0.4, -0.2) is 30.1 Å². The van der Waals surface area contributed by atoms with Gasteiger partial charge in [0.15, 0.2) is 0 Å². The van der Waals surface area contributed by atoms with Crippen LogP contribution in [0.15, 0.2) is 11.6 Å². The maximum atomic E-state index is 11.2. The molecule has 0 aromatic carbocycles. The van der Waals surface area contributed by atoms with Gasteiger partial charge in [-0.15, -0.1) is 0 Å². The largest absolute Gasteiger partial charge is 0.478 e. The van der Waals surface area contributed by atoms with Crippen LogP contribution < -0.4 is 11.1 Å². The Morgan fingerprint density at radius 3 is 2.44 bits per heavy atom. The number of nitrogens with two attached hydrogens (primary N) is 1. The molecule has 0 aromatic heterocycles. The molecule has 0 aliphatic heterocycles. The van der Waals surface area contributed by atoms with E-state index in [0.29, 0.717) is 13.1 Å². The van der Waals surface area contributed by atoms with Gasteiger partial charge in [0.1, 0.15) is 0 Å². The van der Waals surface area contributed by atoms with E-state index < -0.39 is 5.97 Å². The molecule has 0 saturated carbocycles. The highest BCUT2D eigenvalue weighted by molar-refractivity contribution is 5.97. The number of amides is 1. The average Bonchev–Trinajstić information content (AvgIpc) is 2.23. The van der Waals surface area contributed by atoms with Crippen molar-refractivity contribution in [2.75, 3.05) is 13.1 Å². The van der Waals surface area contributed by atoms with E-state index >= 15 is 0 Å². The quantitative estimate of drug-likeness (QED) is 0.420. The van der Waals surface area contributed by atoms with Crippen molar-refractivity contribution in [1.29, 1.82) is 0 Å². The van der Waals surface area contributed by atoms with Crippen molar-refractivity contribution < 1.29 is 14.7 Å². The van der Waals surface area contributed by atoms with Gasteiger partial charge in [-0.05, 0) is 26.3 Å². The van der Waals surface area contributed by atoms with E-state index in [2.05, 4.69) is 5.32 Å². The minimum atomic E-state index is -1.07. The fourth-order valence-corrected chi connectivity index (χ4v) is 1.14. The lowest BCUT2D eigenvalue weighted by molar-refractivity contribution is -0.133. The smallest absolute Gasteiger partial charge is 0.331 e. The van der Waals surface area contributed by atoms with Crippen molar-refractivity contribution >= 4 is 11.9 Å². The summed E-state index contributed by atoms with van der Waals surface area (Å²) >= 11 is 0. The SMILES string of the molecule is C/C(=C/C(=O)NCCCCCCN)C(=O)O. The van der Waals surface area contributed by atoms with Crippen LogP contribution in [0, 0.1) is 0 Å². The van der Waals surface area contributed by atoms with Gasteiger partial charge in [0.2, 0.25) is 5.91 Å². The molecule has 5 nitrogen and oxygen atoms in total. The van der Waals surface area contributed by atoms with Gasteiger partial charge >= 0.3 is 5.97 Å². The van der Waals surface area contributed by atoms with Crippen molar-refractivity contribution in [2.45, 2.75) is 32.6 Å². The lowest BCUT2D eigenvalue weighted by atomic mass is 10.2. The number of unbranched alkanes of at least 4 members (excludes halogenated alkanes) is 3. The van der Waals surface area contributed by atoms with Gasteiger partial charge < -0.3 is 16.2 Å².